The molecule has 0 fully saturated rings. The van der Waals surface area contributed by atoms with E-state index in [1.807, 2.05) is 18.2 Å². The van der Waals surface area contributed by atoms with Gasteiger partial charge in [0.25, 0.3) is 0 Å². The van der Waals surface area contributed by atoms with Crippen LogP contribution in [0.5, 0.6) is 0 Å². The Bertz CT molecular complexity index is 216. The van der Waals surface area contributed by atoms with Crippen LogP contribution in [0.1, 0.15) is 11.1 Å². The van der Waals surface area contributed by atoms with Crippen molar-refractivity contribution >= 4 is 24.9 Å². The molecule has 0 aliphatic heterocycles. The van der Waals surface area contributed by atoms with E-state index in [4.69, 9.17) is 0 Å². The predicted octanol–water partition coefficient (Wildman–Crippen LogP) is 1.99. The molecule has 1 aromatic carbocycles. The average Bonchev–Trinajstić information content (AvgIpc) is 1.89. The molecule has 0 aromatic heterocycles. The molecule has 48 valence electrons. The summed E-state index contributed by atoms with van der Waals surface area (Å²) in [5.74, 6) is 0. The van der Waals surface area contributed by atoms with E-state index in [2.05, 4.69) is 25.6 Å². The summed E-state index contributed by atoms with van der Waals surface area (Å²) >= 11 is 0. The van der Waals surface area contributed by atoms with Crippen molar-refractivity contribution in [1.29, 1.82) is 0 Å². The minimum atomic E-state index is 0. The van der Waals surface area contributed by atoms with E-state index in [-0.39, 0.29) is 18.9 Å². The number of benzene rings is 1. The monoisotopic (exact) mass is 126 g/mol. The molecule has 1 aromatic rings. The SMILES string of the molecule is C=Cc1ccccc1C.[LiH]. The summed E-state index contributed by atoms with van der Waals surface area (Å²) in [5.41, 5.74) is 2.50. The van der Waals surface area contributed by atoms with Gasteiger partial charge in [-0.05, 0) is 18.1 Å². The van der Waals surface area contributed by atoms with Gasteiger partial charge >= 0.3 is 18.9 Å². The predicted molar refractivity (Wildman–Crippen MR) is 48.4 cm³/mol. The number of rotatable bonds is 1. The van der Waals surface area contributed by atoms with Gasteiger partial charge < -0.3 is 0 Å². The third-order valence-electron chi connectivity index (χ3n) is 1.41. The summed E-state index contributed by atoms with van der Waals surface area (Å²) in [6.07, 6.45) is 1.87. The molecule has 0 saturated heterocycles. The van der Waals surface area contributed by atoms with E-state index in [1.54, 1.807) is 0 Å². The maximum absolute atomic E-state index is 3.69. The van der Waals surface area contributed by atoms with Crippen LogP contribution in [0.15, 0.2) is 30.8 Å². The molecule has 0 saturated carbocycles. The van der Waals surface area contributed by atoms with Gasteiger partial charge in [0.2, 0.25) is 0 Å². The molecule has 0 bridgehead atoms. The van der Waals surface area contributed by atoms with Crippen LogP contribution in [-0.4, -0.2) is 18.9 Å². The van der Waals surface area contributed by atoms with E-state index in [0.29, 0.717) is 0 Å². The van der Waals surface area contributed by atoms with Crippen LogP contribution >= 0.6 is 0 Å². The van der Waals surface area contributed by atoms with Crippen molar-refractivity contribution in [2.24, 2.45) is 0 Å². The van der Waals surface area contributed by atoms with Crippen molar-refractivity contribution in [2.75, 3.05) is 0 Å². The Kier molecular flexibility index (Phi) is 4.19. The quantitative estimate of drug-likeness (QED) is 0.505. The first-order chi connectivity index (χ1) is 4.34. The van der Waals surface area contributed by atoms with Gasteiger partial charge in [-0.2, -0.15) is 0 Å². The molecule has 0 amide bonds. The van der Waals surface area contributed by atoms with Crippen molar-refractivity contribution in [3.63, 3.8) is 0 Å². The van der Waals surface area contributed by atoms with Crippen LogP contribution in [0.3, 0.4) is 0 Å². The number of hydrogen-bond acceptors (Lipinski definition) is 0. The van der Waals surface area contributed by atoms with Crippen molar-refractivity contribution < 1.29 is 0 Å². The van der Waals surface area contributed by atoms with Gasteiger partial charge in [-0.25, -0.2) is 0 Å². The van der Waals surface area contributed by atoms with Gasteiger partial charge in [-0.3, -0.25) is 0 Å². The Balaban J connectivity index is 0.000000810. The fourth-order valence-corrected chi connectivity index (χ4v) is 0.816. The molecular formula is C9H11Li. The van der Waals surface area contributed by atoms with E-state index in [1.165, 1.54) is 11.1 Å². The molecule has 0 aliphatic rings. The van der Waals surface area contributed by atoms with Gasteiger partial charge in [0.15, 0.2) is 0 Å². The van der Waals surface area contributed by atoms with Crippen molar-refractivity contribution in [3.05, 3.63) is 42.0 Å². The Morgan fingerprint density at radius 1 is 1.30 bits per heavy atom. The summed E-state index contributed by atoms with van der Waals surface area (Å²) in [5, 5.41) is 0. The van der Waals surface area contributed by atoms with Crippen molar-refractivity contribution in [3.8, 4) is 0 Å². The molecule has 0 heterocycles. The van der Waals surface area contributed by atoms with Crippen LogP contribution in [0.4, 0.5) is 0 Å². The Morgan fingerprint density at radius 3 is 2.30 bits per heavy atom. The van der Waals surface area contributed by atoms with Crippen LogP contribution in [0, 0.1) is 6.92 Å². The maximum atomic E-state index is 3.69. The molecule has 0 nitrogen and oxygen atoms in total. The first-order valence-corrected chi connectivity index (χ1v) is 3.02. The Morgan fingerprint density at radius 2 is 1.90 bits per heavy atom. The first-order valence-electron chi connectivity index (χ1n) is 3.02. The van der Waals surface area contributed by atoms with Crippen LogP contribution in [0.2, 0.25) is 0 Å². The zero-order valence-electron chi connectivity index (χ0n) is 5.59. The van der Waals surface area contributed by atoms with Crippen LogP contribution in [-0.2, 0) is 0 Å². The van der Waals surface area contributed by atoms with E-state index in [9.17, 15) is 0 Å². The van der Waals surface area contributed by atoms with E-state index >= 15 is 0 Å². The standard InChI is InChI=1S/C9H10.Li.H/c1-3-9-7-5-4-6-8(9)2;;/h3-7H,1H2,2H3;;. The zero-order valence-corrected chi connectivity index (χ0v) is 5.59. The minimum absolute atomic E-state index is 0. The molecule has 0 radical (unpaired) electrons. The average molecular weight is 126 g/mol. The molecular weight excluding hydrogens is 115 g/mol. The third kappa shape index (κ3) is 2.06. The van der Waals surface area contributed by atoms with Crippen molar-refractivity contribution in [1.82, 2.24) is 0 Å². The summed E-state index contributed by atoms with van der Waals surface area (Å²) in [4.78, 5) is 0. The molecule has 10 heavy (non-hydrogen) atoms. The fourth-order valence-electron chi connectivity index (χ4n) is 0.816. The number of aryl methyl sites for hydroxylation is 1. The first kappa shape index (κ1) is 9.56. The van der Waals surface area contributed by atoms with E-state index in [0.717, 1.165) is 0 Å². The van der Waals surface area contributed by atoms with Crippen LogP contribution < -0.4 is 0 Å². The van der Waals surface area contributed by atoms with Gasteiger partial charge in [0.1, 0.15) is 0 Å². The molecule has 0 atom stereocenters. The molecule has 1 rings (SSSR count). The fraction of sp³-hybridized carbons (Fsp3) is 0.111. The van der Waals surface area contributed by atoms with Gasteiger partial charge in [-0.1, -0.05) is 36.9 Å². The van der Waals surface area contributed by atoms with Gasteiger partial charge in [0.05, 0.1) is 0 Å². The normalized spacial score (nSPS) is 8.10. The third-order valence-corrected chi connectivity index (χ3v) is 1.41. The van der Waals surface area contributed by atoms with Gasteiger partial charge in [-0.15, -0.1) is 0 Å². The summed E-state index contributed by atoms with van der Waals surface area (Å²) in [6.45, 7) is 5.77. The molecule has 1 heteroatoms. The van der Waals surface area contributed by atoms with Gasteiger partial charge in [0, 0.05) is 0 Å². The molecule has 0 unspecified atom stereocenters. The molecule has 0 N–H and O–H groups in total. The number of hydrogen-bond donors (Lipinski definition) is 0. The van der Waals surface area contributed by atoms with Crippen molar-refractivity contribution in [2.45, 2.75) is 6.92 Å². The second kappa shape index (κ2) is 4.39. The second-order valence-electron chi connectivity index (χ2n) is 2.06. The topological polar surface area (TPSA) is 0 Å². The molecule has 0 spiro atoms. The van der Waals surface area contributed by atoms with Crippen LogP contribution in [0.25, 0.3) is 6.08 Å². The summed E-state index contributed by atoms with van der Waals surface area (Å²) in [7, 11) is 0. The summed E-state index contributed by atoms with van der Waals surface area (Å²) in [6, 6.07) is 8.19. The summed E-state index contributed by atoms with van der Waals surface area (Å²) < 4.78 is 0. The van der Waals surface area contributed by atoms with E-state index < -0.39 is 0 Å². The molecule has 0 aliphatic carbocycles. The Hall–Kier alpha value is -0.443. The second-order valence-corrected chi connectivity index (χ2v) is 2.06. The Labute approximate surface area is 74.1 Å². The zero-order chi connectivity index (χ0) is 6.69.